The van der Waals surface area contributed by atoms with Crippen LogP contribution in [-0.4, -0.2) is 69.1 Å². The second-order valence-electron chi connectivity index (χ2n) is 6.43. The monoisotopic (exact) mass is 387 g/mol. The third-order valence-corrected chi connectivity index (χ3v) is 6.07. The number of sulfonamides is 1. The minimum Gasteiger partial charge on any atom is -0.338 e. The Morgan fingerprint density at radius 1 is 1.28 bits per heavy atom. The number of carbonyl (C=O) groups excluding carboxylic acids is 1. The minimum atomic E-state index is -3.64. The van der Waals surface area contributed by atoms with Gasteiger partial charge in [-0.1, -0.05) is 24.6 Å². The number of aryl methyl sites for hydroxylation is 1. The molecule has 25 heavy (non-hydrogen) atoms. The van der Waals surface area contributed by atoms with Gasteiger partial charge < -0.3 is 9.80 Å². The van der Waals surface area contributed by atoms with E-state index in [1.165, 1.54) is 4.31 Å². The third-order valence-electron chi connectivity index (χ3n) is 4.61. The number of halogens is 1. The van der Waals surface area contributed by atoms with Crippen molar-refractivity contribution in [3.05, 3.63) is 28.8 Å². The molecule has 0 spiro atoms. The average molecular weight is 388 g/mol. The number of piperazine rings is 1. The first-order chi connectivity index (χ1) is 11.6. The van der Waals surface area contributed by atoms with Crippen LogP contribution in [0, 0.1) is 6.92 Å². The predicted molar refractivity (Wildman–Crippen MR) is 102 cm³/mol. The summed E-state index contributed by atoms with van der Waals surface area (Å²) in [6.45, 7) is 9.33. The summed E-state index contributed by atoms with van der Waals surface area (Å²) in [7, 11) is -3.64. The SMILES string of the molecule is CCN1CCN(C(=O)C(C)N(c2cc(Cl)ccc2C)S(C)(=O)=O)CC1. The van der Waals surface area contributed by atoms with Gasteiger partial charge in [0.05, 0.1) is 11.9 Å². The Morgan fingerprint density at radius 3 is 2.40 bits per heavy atom. The number of nitrogens with zero attached hydrogens (tertiary/aromatic N) is 3. The van der Waals surface area contributed by atoms with E-state index in [9.17, 15) is 13.2 Å². The lowest BCUT2D eigenvalue weighted by molar-refractivity contribution is -0.133. The van der Waals surface area contributed by atoms with Gasteiger partial charge in [-0.15, -0.1) is 0 Å². The van der Waals surface area contributed by atoms with E-state index >= 15 is 0 Å². The number of hydrogen-bond acceptors (Lipinski definition) is 4. The molecule has 1 saturated heterocycles. The summed E-state index contributed by atoms with van der Waals surface area (Å²) >= 11 is 6.05. The van der Waals surface area contributed by atoms with Crippen LogP contribution < -0.4 is 4.31 Å². The van der Waals surface area contributed by atoms with Crippen LogP contribution in [0.15, 0.2) is 18.2 Å². The molecule has 0 N–H and O–H groups in total. The topological polar surface area (TPSA) is 60.9 Å². The van der Waals surface area contributed by atoms with Crippen LogP contribution >= 0.6 is 11.6 Å². The zero-order valence-corrected chi connectivity index (χ0v) is 16.8. The van der Waals surface area contributed by atoms with Gasteiger partial charge in [0.15, 0.2) is 0 Å². The zero-order valence-electron chi connectivity index (χ0n) is 15.2. The molecule has 8 heteroatoms. The second-order valence-corrected chi connectivity index (χ2v) is 8.72. The van der Waals surface area contributed by atoms with Crippen molar-refractivity contribution in [2.24, 2.45) is 0 Å². The highest BCUT2D eigenvalue weighted by Crippen LogP contribution is 2.28. The number of rotatable bonds is 5. The van der Waals surface area contributed by atoms with E-state index in [4.69, 9.17) is 11.6 Å². The van der Waals surface area contributed by atoms with Gasteiger partial charge in [-0.25, -0.2) is 8.42 Å². The van der Waals surface area contributed by atoms with Crippen molar-refractivity contribution in [3.63, 3.8) is 0 Å². The highest BCUT2D eigenvalue weighted by atomic mass is 35.5. The van der Waals surface area contributed by atoms with E-state index in [-0.39, 0.29) is 5.91 Å². The zero-order chi connectivity index (χ0) is 18.8. The van der Waals surface area contributed by atoms with Crippen molar-refractivity contribution < 1.29 is 13.2 Å². The number of benzene rings is 1. The van der Waals surface area contributed by atoms with Crippen LogP contribution in [0.25, 0.3) is 0 Å². The fourth-order valence-corrected chi connectivity index (χ4v) is 4.53. The van der Waals surface area contributed by atoms with Crippen LogP contribution in [0.5, 0.6) is 0 Å². The fourth-order valence-electron chi connectivity index (χ4n) is 3.14. The van der Waals surface area contributed by atoms with Crippen LogP contribution in [0.1, 0.15) is 19.4 Å². The molecule has 2 rings (SSSR count). The van der Waals surface area contributed by atoms with E-state index in [0.717, 1.165) is 31.5 Å². The Kier molecular flexibility index (Phi) is 6.35. The molecule has 1 unspecified atom stereocenters. The molecule has 0 radical (unpaired) electrons. The maximum absolute atomic E-state index is 12.9. The van der Waals surface area contributed by atoms with Gasteiger partial charge in [0.25, 0.3) is 0 Å². The molecule has 1 aromatic rings. The fraction of sp³-hybridized carbons (Fsp3) is 0.588. The molecule has 0 bridgehead atoms. The van der Waals surface area contributed by atoms with Gasteiger partial charge in [0, 0.05) is 31.2 Å². The van der Waals surface area contributed by atoms with Crippen LogP contribution in [0.4, 0.5) is 5.69 Å². The van der Waals surface area contributed by atoms with Crippen molar-refractivity contribution in [1.29, 1.82) is 0 Å². The van der Waals surface area contributed by atoms with Crippen molar-refractivity contribution >= 4 is 33.2 Å². The Balaban J connectivity index is 2.29. The van der Waals surface area contributed by atoms with Gasteiger partial charge in [-0.2, -0.15) is 0 Å². The average Bonchev–Trinajstić information content (AvgIpc) is 2.56. The van der Waals surface area contributed by atoms with Gasteiger partial charge in [-0.05, 0) is 38.1 Å². The summed E-state index contributed by atoms with van der Waals surface area (Å²) in [5.74, 6) is -0.180. The van der Waals surface area contributed by atoms with Crippen molar-refractivity contribution in [1.82, 2.24) is 9.80 Å². The molecule has 0 aliphatic carbocycles. The number of anilines is 1. The molecule has 0 aromatic heterocycles. The summed E-state index contributed by atoms with van der Waals surface area (Å²) < 4.78 is 26.0. The Bertz CT molecular complexity index is 731. The first-order valence-corrected chi connectivity index (χ1v) is 10.6. The molecule has 1 aromatic carbocycles. The highest BCUT2D eigenvalue weighted by molar-refractivity contribution is 7.92. The maximum atomic E-state index is 12.9. The maximum Gasteiger partial charge on any atom is 0.246 e. The molecule has 0 saturated carbocycles. The van der Waals surface area contributed by atoms with Crippen LogP contribution in [0.2, 0.25) is 5.02 Å². The summed E-state index contributed by atoms with van der Waals surface area (Å²) in [6, 6.07) is 4.24. The smallest absolute Gasteiger partial charge is 0.246 e. The van der Waals surface area contributed by atoms with Gasteiger partial charge in [0.1, 0.15) is 6.04 Å². The standard InChI is InChI=1S/C17H26ClN3O3S/c1-5-19-8-10-20(11-9-19)17(22)14(3)21(25(4,23)24)16-12-15(18)7-6-13(16)2/h6-7,12,14H,5,8-11H2,1-4H3. The molecule has 1 aliphatic rings. The van der Waals surface area contributed by atoms with E-state index in [1.54, 1.807) is 36.9 Å². The first kappa shape index (κ1) is 20.0. The van der Waals surface area contributed by atoms with Gasteiger partial charge >= 0.3 is 0 Å². The van der Waals surface area contributed by atoms with Crippen molar-refractivity contribution in [2.45, 2.75) is 26.8 Å². The second kappa shape index (κ2) is 7.93. The number of amides is 1. The number of likely N-dealkylation sites (N-methyl/N-ethyl adjacent to an activating group) is 1. The third kappa shape index (κ3) is 4.65. The summed E-state index contributed by atoms with van der Waals surface area (Å²) in [5, 5.41) is 0.436. The Morgan fingerprint density at radius 2 is 1.88 bits per heavy atom. The van der Waals surface area contributed by atoms with Gasteiger partial charge in [0.2, 0.25) is 15.9 Å². The van der Waals surface area contributed by atoms with E-state index < -0.39 is 16.1 Å². The lowest BCUT2D eigenvalue weighted by atomic mass is 10.1. The minimum absolute atomic E-state index is 0.180. The molecular weight excluding hydrogens is 362 g/mol. The van der Waals surface area contributed by atoms with E-state index in [0.29, 0.717) is 23.8 Å². The molecule has 1 heterocycles. The van der Waals surface area contributed by atoms with Crippen molar-refractivity contribution in [2.75, 3.05) is 43.3 Å². The molecule has 140 valence electrons. The van der Waals surface area contributed by atoms with E-state index in [1.807, 2.05) is 0 Å². The molecule has 1 fully saturated rings. The largest absolute Gasteiger partial charge is 0.338 e. The quantitative estimate of drug-likeness (QED) is 0.775. The Labute approximate surface area is 155 Å². The number of carbonyl (C=O) groups is 1. The molecule has 1 amide bonds. The molecular formula is C17H26ClN3O3S. The number of hydrogen-bond donors (Lipinski definition) is 0. The van der Waals surface area contributed by atoms with E-state index in [2.05, 4.69) is 11.8 Å². The van der Waals surface area contributed by atoms with Gasteiger partial charge in [-0.3, -0.25) is 9.10 Å². The summed E-state index contributed by atoms with van der Waals surface area (Å²) in [5.41, 5.74) is 1.20. The lowest BCUT2D eigenvalue weighted by Gasteiger charge is -2.38. The predicted octanol–water partition coefficient (Wildman–Crippen LogP) is 1.97. The summed E-state index contributed by atoms with van der Waals surface area (Å²) in [6.07, 6.45) is 1.12. The molecule has 1 aliphatic heterocycles. The van der Waals surface area contributed by atoms with Crippen LogP contribution in [-0.2, 0) is 14.8 Å². The molecule has 1 atom stereocenters. The summed E-state index contributed by atoms with van der Waals surface area (Å²) in [4.78, 5) is 16.9. The van der Waals surface area contributed by atoms with Crippen molar-refractivity contribution in [3.8, 4) is 0 Å². The first-order valence-electron chi connectivity index (χ1n) is 8.41. The van der Waals surface area contributed by atoms with Crippen LogP contribution in [0.3, 0.4) is 0 Å². The molecule has 6 nitrogen and oxygen atoms in total. The highest BCUT2D eigenvalue weighted by Gasteiger charge is 2.33. The normalized spacial score (nSPS) is 17.4. The lowest BCUT2D eigenvalue weighted by Crippen LogP contribution is -2.55. The Hall–Kier alpha value is -1.31.